The van der Waals surface area contributed by atoms with Crippen LogP contribution >= 0.6 is 0 Å². The van der Waals surface area contributed by atoms with E-state index in [2.05, 4.69) is 24.1 Å². The van der Waals surface area contributed by atoms with Crippen LogP contribution in [0.25, 0.3) is 0 Å². The molecule has 0 aromatic heterocycles. The Kier molecular flexibility index (Phi) is 6.46. The molecule has 2 rings (SSSR count). The molecule has 3 nitrogen and oxygen atoms in total. The third-order valence-corrected chi connectivity index (χ3v) is 3.87. The van der Waals surface area contributed by atoms with Crippen LogP contribution in [0.15, 0.2) is 18.2 Å². The van der Waals surface area contributed by atoms with Gasteiger partial charge in [0.1, 0.15) is 5.82 Å². The number of nitrogens with zero attached hydrogens (tertiary/aromatic N) is 1. The Morgan fingerprint density at radius 1 is 1.38 bits per heavy atom. The van der Waals surface area contributed by atoms with Gasteiger partial charge < -0.3 is 15.0 Å². The molecule has 1 aromatic carbocycles. The molecule has 1 heterocycles. The fourth-order valence-electron chi connectivity index (χ4n) is 2.76. The van der Waals surface area contributed by atoms with E-state index < -0.39 is 0 Å². The van der Waals surface area contributed by atoms with Gasteiger partial charge in [0, 0.05) is 26.2 Å². The van der Waals surface area contributed by atoms with Crippen molar-refractivity contribution in [3.05, 3.63) is 29.6 Å². The zero-order chi connectivity index (χ0) is 15.1. The summed E-state index contributed by atoms with van der Waals surface area (Å²) in [6.07, 6.45) is 3.41. The van der Waals surface area contributed by atoms with E-state index in [1.54, 1.807) is 6.07 Å². The summed E-state index contributed by atoms with van der Waals surface area (Å²) in [4.78, 5) is 2.12. The second-order valence-electron chi connectivity index (χ2n) is 5.65. The van der Waals surface area contributed by atoms with Gasteiger partial charge in [0.05, 0.1) is 11.8 Å². The maximum atomic E-state index is 14.3. The Balaban J connectivity index is 2.00. The summed E-state index contributed by atoms with van der Waals surface area (Å²) >= 11 is 0. The minimum absolute atomic E-state index is 0.124. The van der Waals surface area contributed by atoms with Crippen molar-refractivity contribution in [2.24, 2.45) is 0 Å². The van der Waals surface area contributed by atoms with E-state index in [0.717, 1.165) is 57.6 Å². The lowest BCUT2D eigenvalue weighted by Gasteiger charge is -2.34. The van der Waals surface area contributed by atoms with Crippen molar-refractivity contribution in [1.29, 1.82) is 0 Å². The molecule has 1 N–H and O–H groups in total. The average Bonchev–Trinajstić information content (AvgIpc) is 2.51. The molecule has 118 valence electrons. The van der Waals surface area contributed by atoms with E-state index in [1.807, 2.05) is 12.1 Å². The van der Waals surface area contributed by atoms with Crippen molar-refractivity contribution in [3.63, 3.8) is 0 Å². The summed E-state index contributed by atoms with van der Waals surface area (Å²) in [5, 5.41) is 3.22. The van der Waals surface area contributed by atoms with Crippen molar-refractivity contribution in [1.82, 2.24) is 5.32 Å². The fourth-order valence-corrected chi connectivity index (χ4v) is 2.76. The van der Waals surface area contributed by atoms with Crippen LogP contribution in [0.1, 0.15) is 38.7 Å². The molecule has 0 aliphatic carbocycles. The number of nitrogens with one attached hydrogen (secondary N) is 1. The van der Waals surface area contributed by atoms with Crippen LogP contribution in [0.2, 0.25) is 0 Å². The largest absolute Gasteiger partial charge is 0.376 e. The molecule has 1 aromatic rings. The lowest BCUT2D eigenvalue weighted by atomic mass is 10.1. The molecular formula is C17H27FN2O. The molecule has 21 heavy (non-hydrogen) atoms. The molecule has 0 bridgehead atoms. The molecule has 1 aliphatic rings. The molecule has 1 unspecified atom stereocenters. The van der Waals surface area contributed by atoms with E-state index in [4.69, 9.17) is 4.74 Å². The first-order valence-electron chi connectivity index (χ1n) is 8.10. The summed E-state index contributed by atoms with van der Waals surface area (Å²) in [5.74, 6) is -0.124. The molecule has 0 amide bonds. The third kappa shape index (κ3) is 4.68. The van der Waals surface area contributed by atoms with Gasteiger partial charge in [0.15, 0.2) is 0 Å². The van der Waals surface area contributed by atoms with Gasteiger partial charge in [-0.15, -0.1) is 0 Å². The molecule has 1 fully saturated rings. The lowest BCUT2D eigenvalue weighted by molar-refractivity contribution is 0.0439. The highest BCUT2D eigenvalue weighted by Gasteiger charge is 2.22. The number of hydrogen-bond donors (Lipinski definition) is 1. The summed E-state index contributed by atoms with van der Waals surface area (Å²) < 4.78 is 20.2. The fraction of sp³-hybridized carbons (Fsp3) is 0.647. The standard InChI is InChI=1S/C17H27FN2O/c1-3-10-21-15-6-5-9-20(13-15)17-8-7-14(11-16(17)18)12-19-4-2/h7-8,11,15,19H,3-6,9-10,12-13H2,1-2H3. The number of rotatable bonds is 7. The van der Waals surface area contributed by atoms with Crippen molar-refractivity contribution >= 4 is 5.69 Å². The van der Waals surface area contributed by atoms with Gasteiger partial charge in [-0.1, -0.05) is 19.9 Å². The second kappa shape index (κ2) is 8.35. The topological polar surface area (TPSA) is 24.5 Å². The monoisotopic (exact) mass is 294 g/mol. The second-order valence-corrected chi connectivity index (χ2v) is 5.65. The van der Waals surface area contributed by atoms with E-state index >= 15 is 0 Å². The van der Waals surface area contributed by atoms with E-state index in [-0.39, 0.29) is 11.9 Å². The minimum Gasteiger partial charge on any atom is -0.376 e. The molecule has 1 atom stereocenters. The molecule has 1 aliphatic heterocycles. The molecular weight excluding hydrogens is 267 g/mol. The highest BCUT2D eigenvalue weighted by atomic mass is 19.1. The quantitative estimate of drug-likeness (QED) is 0.835. The predicted molar refractivity (Wildman–Crippen MR) is 85.3 cm³/mol. The molecule has 4 heteroatoms. The lowest BCUT2D eigenvalue weighted by Crippen LogP contribution is -2.40. The van der Waals surface area contributed by atoms with Crippen molar-refractivity contribution < 1.29 is 9.13 Å². The zero-order valence-corrected chi connectivity index (χ0v) is 13.2. The molecule has 0 saturated carbocycles. The number of hydrogen-bond acceptors (Lipinski definition) is 3. The van der Waals surface area contributed by atoms with Crippen molar-refractivity contribution in [3.8, 4) is 0 Å². The predicted octanol–water partition coefficient (Wildman–Crippen LogP) is 3.33. The van der Waals surface area contributed by atoms with Gasteiger partial charge in [0.2, 0.25) is 0 Å². The Morgan fingerprint density at radius 3 is 2.95 bits per heavy atom. The first-order valence-corrected chi connectivity index (χ1v) is 8.10. The Bertz CT molecular complexity index is 439. The first-order chi connectivity index (χ1) is 10.2. The smallest absolute Gasteiger partial charge is 0.146 e. The zero-order valence-electron chi connectivity index (χ0n) is 13.2. The van der Waals surface area contributed by atoms with Crippen molar-refractivity contribution in [2.75, 3.05) is 31.1 Å². The van der Waals surface area contributed by atoms with Gasteiger partial charge >= 0.3 is 0 Å². The first kappa shape index (κ1) is 16.2. The number of benzene rings is 1. The van der Waals surface area contributed by atoms with Gasteiger partial charge in [-0.3, -0.25) is 0 Å². The van der Waals surface area contributed by atoms with Gasteiger partial charge in [-0.2, -0.15) is 0 Å². The number of halogens is 1. The highest BCUT2D eigenvalue weighted by molar-refractivity contribution is 5.49. The molecule has 1 saturated heterocycles. The van der Waals surface area contributed by atoms with Gasteiger partial charge in [-0.25, -0.2) is 4.39 Å². The van der Waals surface area contributed by atoms with Crippen LogP contribution in [-0.4, -0.2) is 32.3 Å². The Labute approximate surface area is 127 Å². The Morgan fingerprint density at radius 2 is 2.24 bits per heavy atom. The van der Waals surface area contributed by atoms with E-state index in [1.165, 1.54) is 0 Å². The van der Waals surface area contributed by atoms with Crippen LogP contribution in [0.5, 0.6) is 0 Å². The number of piperidine rings is 1. The number of ether oxygens (including phenoxy) is 1. The Hall–Kier alpha value is -1.13. The summed E-state index contributed by atoms with van der Waals surface area (Å²) in [5.41, 5.74) is 1.70. The average molecular weight is 294 g/mol. The van der Waals surface area contributed by atoms with E-state index in [9.17, 15) is 4.39 Å². The van der Waals surface area contributed by atoms with Crippen molar-refractivity contribution in [2.45, 2.75) is 45.8 Å². The van der Waals surface area contributed by atoms with Gasteiger partial charge in [-0.05, 0) is 43.5 Å². The SMILES string of the molecule is CCCOC1CCCN(c2ccc(CNCC)cc2F)C1. The molecule has 0 spiro atoms. The van der Waals surface area contributed by atoms with Crippen LogP contribution in [0, 0.1) is 5.82 Å². The maximum absolute atomic E-state index is 14.3. The minimum atomic E-state index is -0.124. The van der Waals surface area contributed by atoms with Crippen LogP contribution in [-0.2, 0) is 11.3 Å². The summed E-state index contributed by atoms with van der Waals surface area (Å²) in [6.45, 7) is 8.28. The maximum Gasteiger partial charge on any atom is 0.146 e. The van der Waals surface area contributed by atoms with Crippen LogP contribution < -0.4 is 10.2 Å². The summed E-state index contributed by atoms with van der Waals surface area (Å²) in [7, 11) is 0. The highest BCUT2D eigenvalue weighted by Crippen LogP contribution is 2.25. The van der Waals surface area contributed by atoms with Crippen LogP contribution in [0.4, 0.5) is 10.1 Å². The van der Waals surface area contributed by atoms with E-state index in [0.29, 0.717) is 5.69 Å². The van der Waals surface area contributed by atoms with Crippen LogP contribution in [0.3, 0.4) is 0 Å². The molecule has 0 radical (unpaired) electrons. The summed E-state index contributed by atoms with van der Waals surface area (Å²) in [6, 6.07) is 5.57. The third-order valence-electron chi connectivity index (χ3n) is 3.87. The van der Waals surface area contributed by atoms with Gasteiger partial charge in [0.25, 0.3) is 0 Å². The normalized spacial score (nSPS) is 19.0. The number of anilines is 1.